The third kappa shape index (κ3) is 3.84. The number of benzene rings is 2. The van der Waals surface area contributed by atoms with Crippen LogP contribution in [-0.2, 0) is 6.18 Å². The fourth-order valence-electron chi connectivity index (χ4n) is 1.82. The van der Waals surface area contributed by atoms with Gasteiger partial charge < -0.3 is 4.74 Å². The van der Waals surface area contributed by atoms with Crippen molar-refractivity contribution in [3.8, 4) is 5.75 Å². The first kappa shape index (κ1) is 15.1. The number of hydrogen-bond acceptors (Lipinski definition) is 2. The molecule has 0 heterocycles. The highest BCUT2D eigenvalue weighted by Crippen LogP contribution is 2.30. The molecule has 0 aliphatic heterocycles. The van der Waals surface area contributed by atoms with Crippen LogP contribution in [0.5, 0.6) is 5.75 Å². The Labute approximate surface area is 120 Å². The van der Waals surface area contributed by atoms with Gasteiger partial charge >= 0.3 is 6.18 Å². The van der Waals surface area contributed by atoms with Gasteiger partial charge in [-0.25, -0.2) is 0 Å². The Morgan fingerprint density at radius 1 is 1.00 bits per heavy atom. The van der Waals surface area contributed by atoms with Gasteiger partial charge in [0.1, 0.15) is 5.75 Å². The van der Waals surface area contributed by atoms with E-state index in [0.29, 0.717) is 5.56 Å². The van der Waals surface area contributed by atoms with Crippen LogP contribution in [0.15, 0.2) is 54.6 Å². The van der Waals surface area contributed by atoms with E-state index < -0.39 is 17.8 Å². The molecule has 21 heavy (non-hydrogen) atoms. The van der Waals surface area contributed by atoms with Gasteiger partial charge in [-0.3, -0.25) is 4.79 Å². The molecule has 0 radical (unpaired) electrons. The molecular weight excluding hydrogens is 281 g/mol. The molecule has 2 aromatic carbocycles. The number of ketones is 1. The van der Waals surface area contributed by atoms with Gasteiger partial charge in [0, 0.05) is 5.56 Å². The maximum Gasteiger partial charge on any atom is 0.416 e. The molecule has 2 nitrogen and oxygen atoms in total. The number of Topliss-reactive ketones (excluding diaryl/α,β-unsaturated/α-hetero) is 1. The summed E-state index contributed by atoms with van der Waals surface area (Å²) in [6, 6.07) is 12.8. The Hall–Kier alpha value is -2.30. The van der Waals surface area contributed by atoms with E-state index in [4.69, 9.17) is 4.74 Å². The van der Waals surface area contributed by atoms with E-state index in [9.17, 15) is 18.0 Å². The van der Waals surface area contributed by atoms with Gasteiger partial charge in [0.2, 0.25) is 5.78 Å². The average molecular weight is 294 g/mol. The summed E-state index contributed by atoms with van der Waals surface area (Å²) in [6.45, 7) is 1.56. The molecule has 0 fully saturated rings. The van der Waals surface area contributed by atoms with Crippen LogP contribution >= 0.6 is 0 Å². The maximum absolute atomic E-state index is 12.4. The summed E-state index contributed by atoms with van der Waals surface area (Å²) in [7, 11) is 0. The predicted octanol–water partition coefficient (Wildman–Crippen LogP) is 4.36. The summed E-state index contributed by atoms with van der Waals surface area (Å²) in [5.41, 5.74) is -0.256. The van der Waals surface area contributed by atoms with Crippen molar-refractivity contribution in [2.75, 3.05) is 0 Å². The molecular formula is C16H13F3O2. The van der Waals surface area contributed by atoms with Crippen LogP contribution in [0.3, 0.4) is 0 Å². The first-order valence-corrected chi connectivity index (χ1v) is 6.31. The lowest BCUT2D eigenvalue weighted by Crippen LogP contribution is -2.23. The van der Waals surface area contributed by atoms with Crippen molar-refractivity contribution in [2.45, 2.75) is 19.2 Å². The molecule has 0 spiro atoms. The highest BCUT2D eigenvalue weighted by Gasteiger charge is 2.30. The number of carbonyl (C=O) groups is 1. The van der Waals surface area contributed by atoms with E-state index in [0.717, 1.165) is 12.1 Å². The molecule has 0 aromatic heterocycles. The monoisotopic (exact) mass is 294 g/mol. The number of hydrogen-bond donors (Lipinski definition) is 0. The molecule has 2 rings (SSSR count). The summed E-state index contributed by atoms with van der Waals surface area (Å²) in [5.74, 6) is -0.00437. The van der Waals surface area contributed by atoms with Gasteiger partial charge in [-0.1, -0.05) is 30.3 Å². The van der Waals surface area contributed by atoms with Gasteiger partial charge in [-0.15, -0.1) is 0 Å². The zero-order valence-corrected chi connectivity index (χ0v) is 11.2. The Bertz CT molecular complexity index is 604. The maximum atomic E-state index is 12.4. The minimum Gasteiger partial charge on any atom is -0.483 e. The fourth-order valence-corrected chi connectivity index (χ4v) is 1.82. The van der Waals surface area contributed by atoms with Crippen LogP contribution in [0.4, 0.5) is 13.2 Å². The van der Waals surface area contributed by atoms with Crippen molar-refractivity contribution >= 4 is 5.78 Å². The fraction of sp³-hybridized carbons (Fsp3) is 0.188. The molecule has 1 atom stereocenters. The van der Waals surface area contributed by atoms with E-state index in [1.54, 1.807) is 37.3 Å². The predicted molar refractivity (Wildman–Crippen MR) is 72.3 cm³/mol. The Morgan fingerprint density at radius 2 is 1.57 bits per heavy atom. The lowest BCUT2D eigenvalue weighted by Gasteiger charge is -2.14. The van der Waals surface area contributed by atoms with Crippen molar-refractivity contribution < 1.29 is 22.7 Å². The molecule has 0 bridgehead atoms. The van der Waals surface area contributed by atoms with Gasteiger partial charge in [-0.2, -0.15) is 13.2 Å². The van der Waals surface area contributed by atoms with Gasteiger partial charge in [0.25, 0.3) is 0 Å². The van der Waals surface area contributed by atoms with Crippen LogP contribution in [0.25, 0.3) is 0 Å². The first-order valence-electron chi connectivity index (χ1n) is 6.31. The molecule has 0 aliphatic carbocycles. The van der Waals surface area contributed by atoms with Crippen LogP contribution < -0.4 is 4.74 Å². The molecule has 0 saturated heterocycles. The number of halogens is 3. The molecule has 1 unspecified atom stereocenters. The summed E-state index contributed by atoms with van der Waals surface area (Å²) in [4.78, 5) is 12.1. The quantitative estimate of drug-likeness (QED) is 0.783. The minimum atomic E-state index is -4.38. The molecule has 2 aromatic rings. The average Bonchev–Trinajstić information content (AvgIpc) is 2.47. The summed E-state index contributed by atoms with van der Waals surface area (Å²) >= 11 is 0. The minimum absolute atomic E-state index is 0.222. The first-order chi connectivity index (χ1) is 9.88. The highest BCUT2D eigenvalue weighted by atomic mass is 19.4. The van der Waals surface area contributed by atoms with E-state index in [1.807, 2.05) is 0 Å². The number of carbonyl (C=O) groups excluding carboxylic acids is 1. The molecule has 5 heteroatoms. The van der Waals surface area contributed by atoms with Crippen molar-refractivity contribution in [1.82, 2.24) is 0 Å². The van der Waals surface area contributed by atoms with Crippen LogP contribution in [0.1, 0.15) is 22.8 Å². The van der Waals surface area contributed by atoms with Crippen molar-refractivity contribution in [3.05, 3.63) is 65.7 Å². The lowest BCUT2D eigenvalue weighted by molar-refractivity contribution is -0.137. The van der Waals surface area contributed by atoms with E-state index in [2.05, 4.69) is 0 Å². The van der Waals surface area contributed by atoms with Crippen LogP contribution in [-0.4, -0.2) is 11.9 Å². The zero-order chi connectivity index (χ0) is 15.5. The number of ether oxygens (including phenoxy) is 1. The normalized spacial score (nSPS) is 12.8. The number of rotatable bonds is 4. The molecule has 0 aliphatic rings. The Kier molecular flexibility index (Phi) is 4.31. The smallest absolute Gasteiger partial charge is 0.416 e. The van der Waals surface area contributed by atoms with Crippen molar-refractivity contribution in [1.29, 1.82) is 0 Å². The second-order valence-corrected chi connectivity index (χ2v) is 4.51. The van der Waals surface area contributed by atoms with Crippen molar-refractivity contribution in [2.24, 2.45) is 0 Å². The van der Waals surface area contributed by atoms with Crippen LogP contribution in [0.2, 0.25) is 0 Å². The van der Waals surface area contributed by atoms with Gasteiger partial charge in [0.05, 0.1) is 5.56 Å². The second kappa shape index (κ2) is 5.99. The highest BCUT2D eigenvalue weighted by molar-refractivity contribution is 5.99. The van der Waals surface area contributed by atoms with Gasteiger partial charge in [0.15, 0.2) is 6.10 Å². The largest absolute Gasteiger partial charge is 0.483 e. The van der Waals surface area contributed by atoms with Gasteiger partial charge in [-0.05, 0) is 31.2 Å². The third-order valence-corrected chi connectivity index (χ3v) is 2.92. The SMILES string of the molecule is CC(Oc1ccc(C(F)(F)F)cc1)C(=O)c1ccccc1. The Morgan fingerprint density at radius 3 is 2.10 bits per heavy atom. The molecule has 110 valence electrons. The summed E-state index contributed by atoms with van der Waals surface area (Å²) < 4.78 is 42.7. The van der Waals surface area contributed by atoms with Crippen molar-refractivity contribution in [3.63, 3.8) is 0 Å². The summed E-state index contributed by atoms with van der Waals surface area (Å²) in [5, 5.41) is 0. The topological polar surface area (TPSA) is 26.3 Å². The number of alkyl halides is 3. The molecule has 0 N–H and O–H groups in total. The second-order valence-electron chi connectivity index (χ2n) is 4.51. The zero-order valence-electron chi connectivity index (χ0n) is 11.2. The Balaban J connectivity index is 2.06. The van der Waals surface area contributed by atoms with E-state index in [1.165, 1.54) is 12.1 Å². The summed E-state index contributed by atoms with van der Waals surface area (Å²) in [6.07, 6.45) is -5.16. The van der Waals surface area contributed by atoms with E-state index in [-0.39, 0.29) is 11.5 Å². The molecule has 0 saturated carbocycles. The van der Waals surface area contributed by atoms with E-state index >= 15 is 0 Å². The lowest BCUT2D eigenvalue weighted by atomic mass is 10.1. The molecule has 0 amide bonds. The van der Waals surface area contributed by atoms with Crippen LogP contribution in [0, 0.1) is 0 Å². The third-order valence-electron chi connectivity index (χ3n) is 2.92. The standard InChI is InChI=1S/C16H13F3O2/c1-11(15(20)12-5-3-2-4-6-12)21-14-9-7-13(8-10-14)16(17,18)19/h2-11H,1H3.